The Labute approximate surface area is 165 Å². The molecule has 1 aromatic heterocycles. The van der Waals surface area contributed by atoms with Crippen LogP contribution in [-0.4, -0.2) is 33.6 Å². The summed E-state index contributed by atoms with van der Waals surface area (Å²) in [6.45, 7) is 3.24. The normalized spacial score (nSPS) is 22.9. The van der Waals surface area contributed by atoms with Gasteiger partial charge in [-0.25, -0.2) is 4.98 Å². The molecule has 2 aliphatic rings. The van der Waals surface area contributed by atoms with Gasteiger partial charge in [-0.1, -0.05) is 48.9 Å². The second-order valence-electron chi connectivity index (χ2n) is 8.23. The molecule has 0 spiro atoms. The van der Waals surface area contributed by atoms with E-state index in [0.717, 1.165) is 23.1 Å². The molecule has 0 bridgehead atoms. The van der Waals surface area contributed by atoms with E-state index in [9.17, 15) is 4.79 Å². The first-order valence-electron chi connectivity index (χ1n) is 10.6. The molecule has 2 saturated heterocycles. The molecule has 5 rings (SSSR count). The van der Waals surface area contributed by atoms with Crippen LogP contribution in [0.5, 0.6) is 0 Å². The van der Waals surface area contributed by atoms with E-state index in [0.29, 0.717) is 17.7 Å². The zero-order valence-corrected chi connectivity index (χ0v) is 16.3. The summed E-state index contributed by atoms with van der Waals surface area (Å²) < 4.78 is 2.01. The Balaban J connectivity index is 1.60. The minimum Gasteiger partial charge on any atom is -0.305 e. The zero-order valence-electron chi connectivity index (χ0n) is 16.3. The molecule has 2 aromatic carbocycles. The first-order chi connectivity index (χ1) is 13.8. The van der Waals surface area contributed by atoms with Crippen LogP contribution in [0, 0.1) is 5.92 Å². The third kappa shape index (κ3) is 3.16. The number of hydrogen-bond acceptors (Lipinski definition) is 3. The minimum atomic E-state index is 0.0397. The van der Waals surface area contributed by atoms with Crippen LogP contribution in [0.2, 0.25) is 0 Å². The van der Waals surface area contributed by atoms with E-state index in [1.807, 2.05) is 59.2 Å². The summed E-state index contributed by atoms with van der Waals surface area (Å²) >= 11 is 0. The topological polar surface area (TPSA) is 38.1 Å². The van der Waals surface area contributed by atoms with Gasteiger partial charge in [-0.05, 0) is 56.8 Å². The van der Waals surface area contributed by atoms with Crippen LogP contribution in [0.1, 0.15) is 32.1 Å². The molecule has 2 atom stereocenters. The fraction of sp³-hybridized carbons (Fsp3) is 0.417. The average molecular weight is 374 g/mol. The molecule has 0 N–H and O–H groups in total. The maximum atomic E-state index is 13.5. The quantitative estimate of drug-likeness (QED) is 0.686. The highest BCUT2D eigenvalue weighted by molar-refractivity contribution is 5.77. The molecule has 1 unspecified atom stereocenters. The summed E-state index contributed by atoms with van der Waals surface area (Å²) in [5.74, 6) is 0.543. The molecule has 4 heteroatoms. The summed E-state index contributed by atoms with van der Waals surface area (Å²) in [5.41, 5.74) is 3.36. The van der Waals surface area contributed by atoms with Gasteiger partial charge in [-0.15, -0.1) is 0 Å². The fourth-order valence-electron chi connectivity index (χ4n) is 5.18. The van der Waals surface area contributed by atoms with Crippen molar-refractivity contribution in [2.24, 2.45) is 5.92 Å². The molecule has 0 aliphatic carbocycles. The largest absolute Gasteiger partial charge is 0.305 e. The molecule has 3 aromatic rings. The van der Waals surface area contributed by atoms with Crippen LogP contribution >= 0.6 is 0 Å². The van der Waals surface area contributed by atoms with Crippen molar-refractivity contribution < 1.29 is 0 Å². The summed E-state index contributed by atoms with van der Waals surface area (Å²) in [6.07, 6.45) is 6.36. The Bertz CT molecular complexity index is 1020. The summed E-state index contributed by atoms with van der Waals surface area (Å²) in [7, 11) is 0. The van der Waals surface area contributed by atoms with Gasteiger partial charge in [-0.2, -0.15) is 0 Å². The van der Waals surface area contributed by atoms with E-state index in [1.54, 1.807) is 0 Å². The third-order valence-corrected chi connectivity index (χ3v) is 6.55. The van der Waals surface area contributed by atoms with Gasteiger partial charge in [0.05, 0.1) is 11.0 Å². The minimum absolute atomic E-state index is 0.0397. The number of hydrogen-bond donors (Lipinski definition) is 0. The Kier molecular flexibility index (Phi) is 4.73. The van der Waals surface area contributed by atoms with Gasteiger partial charge >= 0.3 is 0 Å². The molecule has 4 nitrogen and oxygen atoms in total. The Hall–Kier alpha value is -2.46. The van der Waals surface area contributed by atoms with Gasteiger partial charge in [0, 0.05) is 18.2 Å². The number of nitrogens with zero attached hydrogens (tertiary/aromatic N) is 3. The van der Waals surface area contributed by atoms with E-state index in [2.05, 4.69) is 4.90 Å². The van der Waals surface area contributed by atoms with Crippen LogP contribution in [-0.2, 0) is 6.54 Å². The van der Waals surface area contributed by atoms with Gasteiger partial charge in [-0.3, -0.25) is 4.79 Å². The highest BCUT2D eigenvalue weighted by atomic mass is 16.1. The second kappa shape index (κ2) is 7.51. The second-order valence-corrected chi connectivity index (χ2v) is 8.23. The number of aromatic nitrogens is 2. The SMILES string of the molecule is O=c1c(-c2ccccc2)nc2ccccc2n1CC1CCCN2CCCC[C@H]12. The lowest BCUT2D eigenvalue weighted by Gasteiger charge is -2.44. The van der Waals surface area contributed by atoms with Gasteiger partial charge in [0.2, 0.25) is 0 Å². The summed E-state index contributed by atoms with van der Waals surface area (Å²) in [6, 6.07) is 18.6. The molecule has 2 fully saturated rings. The van der Waals surface area contributed by atoms with Gasteiger partial charge in [0.25, 0.3) is 5.56 Å². The van der Waals surface area contributed by atoms with Gasteiger partial charge in [0.1, 0.15) is 5.69 Å². The van der Waals surface area contributed by atoms with E-state index < -0.39 is 0 Å². The first-order valence-corrected chi connectivity index (χ1v) is 10.6. The van der Waals surface area contributed by atoms with Crippen molar-refractivity contribution in [2.75, 3.05) is 13.1 Å². The number of benzene rings is 2. The molecule has 28 heavy (non-hydrogen) atoms. The Morgan fingerprint density at radius 1 is 0.893 bits per heavy atom. The molecule has 0 amide bonds. The Morgan fingerprint density at radius 3 is 2.57 bits per heavy atom. The molecule has 0 saturated carbocycles. The average Bonchev–Trinajstić information content (AvgIpc) is 2.76. The first kappa shape index (κ1) is 17.6. The van der Waals surface area contributed by atoms with Crippen molar-refractivity contribution in [1.82, 2.24) is 14.5 Å². The predicted molar refractivity (Wildman–Crippen MR) is 113 cm³/mol. The number of fused-ring (bicyclic) bond motifs is 2. The predicted octanol–water partition coefficient (Wildman–Crippen LogP) is 4.33. The molecular weight excluding hydrogens is 346 g/mol. The van der Waals surface area contributed by atoms with E-state index in [4.69, 9.17) is 4.98 Å². The maximum Gasteiger partial charge on any atom is 0.277 e. The van der Waals surface area contributed by atoms with Crippen molar-refractivity contribution in [3.05, 3.63) is 65.0 Å². The lowest BCUT2D eigenvalue weighted by molar-refractivity contribution is 0.0520. The van der Waals surface area contributed by atoms with Crippen LogP contribution in [0.25, 0.3) is 22.3 Å². The lowest BCUT2D eigenvalue weighted by Crippen LogP contribution is -2.49. The molecule has 2 aliphatic heterocycles. The Morgan fingerprint density at radius 2 is 1.68 bits per heavy atom. The van der Waals surface area contributed by atoms with E-state index >= 15 is 0 Å². The number of rotatable bonds is 3. The fourth-order valence-corrected chi connectivity index (χ4v) is 5.18. The van der Waals surface area contributed by atoms with Crippen molar-refractivity contribution in [3.8, 4) is 11.3 Å². The van der Waals surface area contributed by atoms with Crippen LogP contribution in [0.15, 0.2) is 59.4 Å². The lowest BCUT2D eigenvalue weighted by atomic mass is 9.83. The van der Waals surface area contributed by atoms with Crippen LogP contribution in [0.3, 0.4) is 0 Å². The molecule has 0 radical (unpaired) electrons. The maximum absolute atomic E-state index is 13.5. The number of para-hydroxylation sites is 2. The third-order valence-electron chi connectivity index (χ3n) is 6.55. The van der Waals surface area contributed by atoms with E-state index in [-0.39, 0.29) is 5.56 Å². The zero-order chi connectivity index (χ0) is 18.9. The van der Waals surface area contributed by atoms with Gasteiger partial charge < -0.3 is 9.47 Å². The monoisotopic (exact) mass is 373 g/mol. The summed E-state index contributed by atoms with van der Waals surface area (Å²) in [5, 5.41) is 0. The molecule has 3 heterocycles. The van der Waals surface area contributed by atoms with Gasteiger partial charge in [0.15, 0.2) is 0 Å². The van der Waals surface area contributed by atoms with Crippen LogP contribution in [0.4, 0.5) is 0 Å². The highest BCUT2D eigenvalue weighted by Gasteiger charge is 2.33. The highest BCUT2D eigenvalue weighted by Crippen LogP contribution is 2.32. The smallest absolute Gasteiger partial charge is 0.277 e. The van der Waals surface area contributed by atoms with Crippen molar-refractivity contribution in [3.63, 3.8) is 0 Å². The summed E-state index contributed by atoms with van der Waals surface area (Å²) in [4.78, 5) is 20.9. The molecule has 144 valence electrons. The number of piperidine rings is 2. The van der Waals surface area contributed by atoms with Crippen molar-refractivity contribution in [2.45, 2.75) is 44.7 Å². The van der Waals surface area contributed by atoms with Crippen molar-refractivity contribution >= 4 is 11.0 Å². The van der Waals surface area contributed by atoms with Crippen LogP contribution < -0.4 is 5.56 Å². The molecular formula is C24H27N3O. The standard InChI is InChI=1S/C24H27N3O/c28-24-23(18-9-2-1-3-10-18)25-20-12-4-5-14-22(20)27(24)17-19-11-8-16-26-15-7-6-13-21(19)26/h1-5,9-10,12,14,19,21H,6-8,11,13,15-17H2/t19?,21-/m1/s1. The van der Waals surface area contributed by atoms with E-state index in [1.165, 1.54) is 45.2 Å². The van der Waals surface area contributed by atoms with Crippen molar-refractivity contribution in [1.29, 1.82) is 0 Å².